The lowest BCUT2D eigenvalue weighted by Gasteiger charge is -2.05. The molecule has 0 bridgehead atoms. The molecule has 102 valence electrons. The molecule has 5 nitrogen and oxygen atoms in total. The topological polar surface area (TPSA) is 79.5 Å². The normalized spacial score (nSPS) is 12.9. The van der Waals surface area contributed by atoms with Crippen molar-refractivity contribution in [1.82, 2.24) is 0 Å². The SMILES string of the molecule is Cc1ccc(/C(C#N)=N\OS(=O)(=O)C(F)(F)F)cc1. The summed E-state index contributed by atoms with van der Waals surface area (Å²) >= 11 is 0. The van der Waals surface area contributed by atoms with Gasteiger partial charge in [0, 0.05) is 5.56 Å². The number of aryl methyl sites for hydroxylation is 1. The Morgan fingerprint density at radius 3 is 2.26 bits per heavy atom. The van der Waals surface area contributed by atoms with Crippen molar-refractivity contribution in [2.24, 2.45) is 5.16 Å². The summed E-state index contributed by atoms with van der Waals surface area (Å²) in [5.41, 5.74) is -5.17. The van der Waals surface area contributed by atoms with Gasteiger partial charge < -0.3 is 0 Å². The first-order valence-corrected chi connectivity index (χ1v) is 6.13. The lowest BCUT2D eigenvalue weighted by Crippen LogP contribution is -2.24. The fraction of sp³-hybridized carbons (Fsp3) is 0.200. The molecule has 0 aliphatic rings. The van der Waals surface area contributed by atoms with E-state index < -0.39 is 21.3 Å². The third-order valence-electron chi connectivity index (χ3n) is 1.94. The Bertz CT molecular complexity index is 627. The van der Waals surface area contributed by atoms with Crippen molar-refractivity contribution in [1.29, 1.82) is 5.26 Å². The molecule has 0 saturated heterocycles. The van der Waals surface area contributed by atoms with Crippen LogP contribution in [-0.2, 0) is 14.4 Å². The molecule has 0 radical (unpaired) electrons. The summed E-state index contributed by atoms with van der Waals surface area (Å²) in [7, 11) is -5.86. The highest BCUT2D eigenvalue weighted by Gasteiger charge is 2.49. The van der Waals surface area contributed by atoms with E-state index in [-0.39, 0.29) is 5.56 Å². The van der Waals surface area contributed by atoms with Gasteiger partial charge in [-0.25, -0.2) is 0 Å². The average Bonchev–Trinajstić information content (AvgIpc) is 2.30. The number of benzene rings is 1. The summed E-state index contributed by atoms with van der Waals surface area (Å²) in [6.45, 7) is 1.76. The van der Waals surface area contributed by atoms with Crippen LogP contribution in [0, 0.1) is 18.3 Å². The van der Waals surface area contributed by atoms with E-state index in [9.17, 15) is 21.6 Å². The Morgan fingerprint density at radius 2 is 1.84 bits per heavy atom. The third-order valence-corrected chi connectivity index (χ3v) is 2.78. The molecule has 0 amide bonds. The fourth-order valence-corrected chi connectivity index (χ4v) is 1.23. The minimum atomic E-state index is -5.86. The molecule has 1 aromatic carbocycles. The number of nitriles is 1. The summed E-state index contributed by atoms with van der Waals surface area (Å²) in [5.74, 6) is 0. The highest BCUT2D eigenvalue weighted by atomic mass is 32.2. The van der Waals surface area contributed by atoms with Gasteiger partial charge in [0.15, 0.2) is 5.71 Å². The van der Waals surface area contributed by atoms with E-state index in [2.05, 4.69) is 9.44 Å². The van der Waals surface area contributed by atoms with Crippen LogP contribution in [0.3, 0.4) is 0 Å². The molecule has 9 heteroatoms. The molecule has 0 unspecified atom stereocenters. The number of oxime groups is 1. The zero-order chi connectivity index (χ0) is 14.7. The Morgan fingerprint density at radius 1 is 1.32 bits per heavy atom. The van der Waals surface area contributed by atoms with Crippen LogP contribution in [0.5, 0.6) is 0 Å². The quantitative estimate of drug-likeness (QED) is 0.485. The van der Waals surface area contributed by atoms with Gasteiger partial charge in [-0.15, -0.1) is 0 Å². The van der Waals surface area contributed by atoms with Gasteiger partial charge in [-0.2, -0.15) is 26.9 Å². The van der Waals surface area contributed by atoms with Crippen molar-refractivity contribution >= 4 is 15.8 Å². The second-order valence-electron chi connectivity index (χ2n) is 3.39. The van der Waals surface area contributed by atoms with Gasteiger partial charge in [-0.3, -0.25) is 4.28 Å². The van der Waals surface area contributed by atoms with Crippen LogP contribution < -0.4 is 0 Å². The van der Waals surface area contributed by atoms with E-state index in [1.54, 1.807) is 19.1 Å². The van der Waals surface area contributed by atoms with Gasteiger partial charge in [0.05, 0.1) is 0 Å². The number of halogens is 3. The summed E-state index contributed by atoms with van der Waals surface area (Å²) in [4.78, 5) is 0. The maximum absolute atomic E-state index is 12.0. The number of hydrogen-bond donors (Lipinski definition) is 0. The lowest BCUT2D eigenvalue weighted by molar-refractivity contribution is -0.0540. The predicted octanol–water partition coefficient (Wildman–Crippen LogP) is 2.09. The van der Waals surface area contributed by atoms with E-state index >= 15 is 0 Å². The average molecular weight is 292 g/mol. The van der Waals surface area contributed by atoms with Gasteiger partial charge >= 0.3 is 15.6 Å². The standard InChI is InChI=1S/C10H7F3N2O3S/c1-7-2-4-8(5-3-7)9(6-14)15-18-19(16,17)10(11,12)13/h2-5H,1H3/b15-9-. The maximum atomic E-state index is 12.0. The second-order valence-corrected chi connectivity index (χ2v) is 4.91. The van der Waals surface area contributed by atoms with Crippen LogP contribution in [0.2, 0.25) is 0 Å². The molecular formula is C10H7F3N2O3S. The summed E-state index contributed by atoms with van der Waals surface area (Å²) in [6, 6.07) is 7.43. The van der Waals surface area contributed by atoms with Gasteiger partial charge in [0.1, 0.15) is 6.07 Å². The Balaban J connectivity index is 3.04. The molecular weight excluding hydrogens is 285 g/mol. The number of rotatable bonds is 3. The number of alkyl halides is 3. The molecule has 0 fully saturated rings. The molecule has 0 aliphatic heterocycles. The van der Waals surface area contributed by atoms with E-state index in [1.165, 1.54) is 18.2 Å². The van der Waals surface area contributed by atoms with E-state index in [4.69, 9.17) is 5.26 Å². The van der Waals surface area contributed by atoms with Crippen LogP contribution in [0.4, 0.5) is 13.2 Å². The monoisotopic (exact) mass is 292 g/mol. The van der Waals surface area contributed by atoms with Crippen molar-refractivity contribution in [2.45, 2.75) is 12.4 Å². The van der Waals surface area contributed by atoms with Gasteiger partial charge in [-0.1, -0.05) is 35.0 Å². The number of hydrogen-bond acceptors (Lipinski definition) is 5. The first kappa shape index (κ1) is 15.0. The first-order chi connectivity index (χ1) is 8.67. The fourth-order valence-electron chi connectivity index (χ4n) is 0.978. The molecule has 1 aromatic rings. The predicted molar refractivity (Wildman–Crippen MR) is 59.4 cm³/mol. The zero-order valence-corrected chi connectivity index (χ0v) is 10.3. The third kappa shape index (κ3) is 3.69. The molecule has 19 heavy (non-hydrogen) atoms. The van der Waals surface area contributed by atoms with Crippen LogP contribution in [0.1, 0.15) is 11.1 Å². The van der Waals surface area contributed by atoms with Crippen LogP contribution in [0.25, 0.3) is 0 Å². The van der Waals surface area contributed by atoms with Crippen molar-refractivity contribution < 1.29 is 25.9 Å². The van der Waals surface area contributed by atoms with Crippen molar-refractivity contribution in [3.8, 4) is 6.07 Å². The van der Waals surface area contributed by atoms with Crippen LogP contribution in [-0.4, -0.2) is 19.6 Å². The number of nitrogens with zero attached hydrogens (tertiary/aromatic N) is 2. The van der Waals surface area contributed by atoms with E-state index in [0.717, 1.165) is 5.56 Å². The Hall–Kier alpha value is -2.08. The van der Waals surface area contributed by atoms with Crippen LogP contribution in [0.15, 0.2) is 29.4 Å². The van der Waals surface area contributed by atoms with Crippen LogP contribution >= 0.6 is 0 Å². The molecule has 0 aliphatic carbocycles. The minimum Gasteiger partial charge on any atom is -0.260 e. The van der Waals surface area contributed by atoms with Crippen molar-refractivity contribution in [3.63, 3.8) is 0 Å². The first-order valence-electron chi connectivity index (χ1n) is 4.72. The highest BCUT2D eigenvalue weighted by molar-refractivity contribution is 7.87. The van der Waals surface area contributed by atoms with Gasteiger partial charge in [-0.05, 0) is 6.92 Å². The lowest BCUT2D eigenvalue weighted by atomic mass is 10.1. The Kier molecular flexibility index (Phi) is 4.16. The summed E-state index contributed by atoms with van der Waals surface area (Å²) in [6.07, 6.45) is 0. The summed E-state index contributed by atoms with van der Waals surface area (Å²) in [5, 5.41) is 11.4. The van der Waals surface area contributed by atoms with Gasteiger partial charge in [0.2, 0.25) is 0 Å². The zero-order valence-electron chi connectivity index (χ0n) is 9.47. The molecule has 0 aromatic heterocycles. The highest BCUT2D eigenvalue weighted by Crippen LogP contribution is 2.24. The maximum Gasteiger partial charge on any atom is 0.536 e. The summed E-state index contributed by atoms with van der Waals surface area (Å²) < 4.78 is 60.6. The van der Waals surface area contributed by atoms with E-state index in [1.807, 2.05) is 0 Å². The smallest absolute Gasteiger partial charge is 0.260 e. The molecule has 0 saturated carbocycles. The second kappa shape index (κ2) is 5.27. The van der Waals surface area contributed by atoms with Gasteiger partial charge in [0.25, 0.3) is 0 Å². The van der Waals surface area contributed by atoms with Crippen molar-refractivity contribution in [2.75, 3.05) is 0 Å². The Labute approximate surface area is 107 Å². The van der Waals surface area contributed by atoms with Crippen molar-refractivity contribution in [3.05, 3.63) is 35.4 Å². The molecule has 0 heterocycles. The molecule has 0 N–H and O–H groups in total. The molecule has 0 atom stereocenters. The minimum absolute atomic E-state index is 0.144. The van der Waals surface area contributed by atoms with E-state index in [0.29, 0.717) is 0 Å². The largest absolute Gasteiger partial charge is 0.536 e. The molecule has 0 spiro atoms. The molecule has 1 rings (SSSR count).